The number of hydrogen-bond acceptors (Lipinski definition) is 6. The monoisotopic (exact) mass is 285 g/mol. The maximum absolute atomic E-state index is 10.9. The Balaban J connectivity index is 2.51. The van der Waals surface area contributed by atoms with Gasteiger partial charge in [0.2, 0.25) is 11.6 Å². The summed E-state index contributed by atoms with van der Waals surface area (Å²) in [6.45, 7) is 0. The number of carbonyl (C=O) groups is 1. The van der Waals surface area contributed by atoms with Crippen LogP contribution in [0.4, 0.5) is 5.69 Å². The highest BCUT2D eigenvalue weighted by Gasteiger charge is 2.20. The number of nitro groups is 1. The molecule has 0 fully saturated rings. The Labute approximate surface area is 118 Å². The van der Waals surface area contributed by atoms with Crippen LogP contribution in [0.2, 0.25) is 0 Å². The molecule has 0 unspecified atom stereocenters. The third kappa shape index (κ3) is 2.93. The number of aromatic carboxylic acids is 1. The SMILES string of the molecule is N#Cc1cccnc1Oc1cc(C(=O)O)ccc1[N+](=O)[O-]. The van der Waals surface area contributed by atoms with E-state index in [0.29, 0.717) is 0 Å². The van der Waals surface area contributed by atoms with Crippen LogP contribution in [0.25, 0.3) is 0 Å². The molecule has 2 rings (SSSR count). The Kier molecular flexibility index (Phi) is 3.76. The Morgan fingerprint density at radius 1 is 1.43 bits per heavy atom. The van der Waals surface area contributed by atoms with Gasteiger partial charge in [0.1, 0.15) is 11.6 Å². The van der Waals surface area contributed by atoms with Crippen LogP contribution >= 0.6 is 0 Å². The lowest BCUT2D eigenvalue weighted by atomic mass is 10.2. The number of pyridine rings is 1. The van der Waals surface area contributed by atoms with Gasteiger partial charge in [-0.25, -0.2) is 9.78 Å². The van der Waals surface area contributed by atoms with E-state index in [4.69, 9.17) is 15.1 Å². The number of carboxylic acids is 1. The zero-order valence-corrected chi connectivity index (χ0v) is 10.4. The van der Waals surface area contributed by atoms with Crippen molar-refractivity contribution in [2.45, 2.75) is 0 Å². The van der Waals surface area contributed by atoms with Gasteiger partial charge in [-0.1, -0.05) is 0 Å². The molecule has 2 aromatic rings. The summed E-state index contributed by atoms with van der Waals surface area (Å²) in [4.78, 5) is 24.9. The maximum Gasteiger partial charge on any atom is 0.335 e. The van der Waals surface area contributed by atoms with Crippen molar-refractivity contribution in [3.05, 3.63) is 57.8 Å². The van der Waals surface area contributed by atoms with Crippen molar-refractivity contribution in [2.24, 2.45) is 0 Å². The van der Waals surface area contributed by atoms with Crippen molar-refractivity contribution in [2.75, 3.05) is 0 Å². The van der Waals surface area contributed by atoms with Gasteiger partial charge in [-0.2, -0.15) is 5.26 Å². The lowest BCUT2D eigenvalue weighted by molar-refractivity contribution is -0.385. The summed E-state index contributed by atoms with van der Waals surface area (Å²) in [7, 11) is 0. The zero-order chi connectivity index (χ0) is 15.4. The molecule has 0 aliphatic rings. The van der Waals surface area contributed by atoms with E-state index in [9.17, 15) is 14.9 Å². The number of rotatable bonds is 4. The molecule has 8 nitrogen and oxygen atoms in total. The Morgan fingerprint density at radius 3 is 2.81 bits per heavy atom. The van der Waals surface area contributed by atoms with Crippen LogP contribution in [0.15, 0.2) is 36.5 Å². The topological polar surface area (TPSA) is 126 Å². The zero-order valence-electron chi connectivity index (χ0n) is 10.4. The van der Waals surface area contributed by atoms with E-state index in [-0.39, 0.29) is 22.8 Å². The quantitative estimate of drug-likeness (QED) is 0.674. The third-order valence-corrected chi connectivity index (χ3v) is 2.50. The average Bonchev–Trinajstić information content (AvgIpc) is 2.47. The summed E-state index contributed by atoms with van der Waals surface area (Å²) in [5, 5.41) is 28.8. The maximum atomic E-state index is 10.9. The number of nitro benzene ring substituents is 1. The summed E-state index contributed by atoms with van der Waals surface area (Å²) in [6, 6.07) is 7.89. The molecule has 1 heterocycles. The minimum Gasteiger partial charge on any atom is -0.478 e. The van der Waals surface area contributed by atoms with Gasteiger partial charge in [0.05, 0.1) is 10.5 Å². The molecule has 0 saturated heterocycles. The highest BCUT2D eigenvalue weighted by Crippen LogP contribution is 2.32. The molecule has 0 atom stereocenters. The fraction of sp³-hybridized carbons (Fsp3) is 0. The van der Waals surface area contributed by atoms with E-state index >= 15 is 0 Å². The average molecular weight is 285 g/mol. The lowest BCUT2D eigenvalue weighted by Crippen LogP contribution is -2.00. The first-order valence-electron chi connectivity index (χ1n) is 5.57. The molecule has 0 aliphatic carbocycles. The Morgan fingerprint density at radius 2 is 2.19 bits per heavy atom. The normalized spacial score (nSPS) is 9.67. The predicted octanol–water partition coefficient (Wildman–Crippen LogP) is 2.35. The largest absolute Gasteiger partial charge is 0.478 e. The number of hydrogen-bond donors (Lipinski definition) is 1. The van der Waals surface area contributed by atoms with Gasteiger partial charge in [-0.15, -0.1) is 0 Å². The van der Waals surface area contributed by atoms with Crippen LogP contribution in [0, 0.1) is 21.4 Å². The first-order chi connectivity index (χ1) is 10.0. The summed E-state index contributed by atoms with van der Waals surface area (Å²) in [6.07, 6.45) is 1.35. The molecule has 1 aromatic carbocycles. The highest BCUT2D eigenvalue weighted by atomic mass is 16.6. The molecule has 0 saturated carbocycles. The second-order valence-corrected chi connectivity index (χ2v) is 3.81. The van der Waals surface area contributed by atoms with Gasteiger partial charge in [-0.3, -0.25) is 10.1 Å². The van der Waals surface area contributed by atoms with Crippen LogP contribution in [0.3, 0.4) is 0 Å². The van der Waals surface area contributed by atoms with E-state index < -0.39 is 16.6 Å². The molecule has 104 valence electrons. The van der Waals surface area contributed by atoms with Crippen LogP contribution in [-0.4, -0.2) is 21.0 Å². The molecule has 1 N–H and O–H groups in total. The molecule has 0 bridgehead atoms. The lowest BCUT2D eigenvalue weighted by Gasteiger charge is -2.07. The number of nitriles is 1. The van der Waals surface area contributed by atoms with Crippen LogP contribution in [0.5, 0.6) is 11.6 Å². The minimum atomic E-state index is -1.25. The molecular weight excluding hydrogens is 278 g/mol. The van der Waals surface area contributed by atoms with Gasteiger partial charge in [0.25, 0.3) is 0 Å². The number of nitrogens with zero attached hydrogens (tertiary/aromatic N) is 3. The number of benzene rings is 1. The van der Waals surface area contributed by atoms with E-state index in [0.717, 1.165) is 18.2 Å². The first-order valence-corrected chi connectivity index (χ1v) is 5.57. The van der Waals surface area contributed by atoms with Crippen molar-refractivity contribution in [1.82, 2.24) is 4.98 Å². The summed E-state index contributed by atoms with van der Waals surface area (Å²) < 4.78 is 5.25. The number of aromatic nitrogens is 1. The highest BCUT2D eigenvalue weighted by molar-refractivity contribution is 5.88. The summed E-state index contributed by atoms with van der Waals surface area (Å²) in [5.74, 6) is -1.68. The van der Waals surface area contributed by atoms with E-state index in [2.05, 4.69) is 4.98 Å². The van der Waals surface area contributed by atoms with Crippen molar-refractivity contribution in [3.63, 3.8) is 0 Å². The third-order valence-electron chi connectivity index (χ3n) is 2.50. The number of ether oxygens (including phenoxy) is 1. The van der Waals surface area contributed by atoms with Crippen LogP contribution < -0.4 is 4.74 Å². The molecular formula is C13H7N3O5. The van der Waals surface area contributed by atoms with Gasteiger partial charge >= 0.3 is 11.7 Å². The molecule has 0 amide bonds. The first kappa shape index (κ1) is 14.0. The molecule has 21 heavy (non-hydrogen) atoms. The van der Waals surface area contributed by atoms with Crippen molar-refractivity contribution >= 4 is 11.7 Å². The van der Waals surface area contributed by atoms with Gasteiger partial charge < -0.3 is 9.84 Å². The van der Waals surface area contributed by atoms with Gasteiger partial charge in [0, 0.05) is 18.3 Å². The van der Waals surface area contributed by atoms with E-state index in [1.54, 1.807) is 0 Å². The van der Waals surface area contributed by atoms with Gasteiger partial charge in [-0.05, 0) is 18.2 Å². The fourth-order valence-corrected chi connectivity index (χ4v) is 1.54. The second kappa shape index (κ2) is 5.66. The fourth-order valence-electron chi connectivity index (χ4n) is 1.54. The molecule has 8 heteroatoms. The smallest absolute Gasteiger partial charge is 0.335 e. The standard InChI is InChI=1S/C13H7N3O5/c14-7-9-2-1-5-15-12(9)21-11-6-8(13(17)18)3-4-10(11)16(19)20/h1-6H,(H,17,18). The Bertz CT molecular complexity index is 767. The van der Waals surface area contributed by atoms with Crippen molar-refractivity contribution in [3.8, 4) is 17.7 Å². The molecule has 0 aliphatic heterocycles. The minimum absolute atomic E-state index is 0.0764. The second-order valence-electron chi connectivity index (χ2n) is 3.81. The van der Waals surface area contributed by atoms with Crippen molar-refractivity contribution in [1.29, 1.82) is 5.26 Å². The van der Waals surface area contributed by atoms with Crippen molar-refractivity contribution < 1.29 is 19.6 Å². The van der Waals surface area contributed by atoms with E-state index in [1.165, 1.54) is 18.3 Å². The molecule has 0 radical (unpaired) electrons. The summed E-state index contributed by atoms with van der Waals surface area (Å²) >= 11 is 0. The Hall–Kier alpha value is -3.47. The summed E-state index contributed by atoms with van der Waals surface area (Å²) in [5.41, 5.74) is -0.521. The molecule has 0 spiro atoms. The predicted molar refractivity (Wildman–Crippen MR) is 69.1 cm³/mol. The van der Waals surface area contributed by atoms with Gasteiger partial charge in [0.15, 0.2) is 0 Å². The van der Waals surface area contributed by atoms with E-state index in [1.807, 2.05) is 6.07 Å². The van der Waals surface area contributed by atoms with Crippen LogP contribution in [-0.2, 0) is 0 Å². The number of carboxylic acid groups (broad SMARTS) is 1. The molecule has 1 aromatic heterocycles. The van der Waals surface area contributed by atoms with Crippen LogP contribution in [0.1, 0.15) is 15.9 Å².